The van der Waals surface area contributed by atoms with Gasteiger partial charge in [-0.3, -0.25) is 5.32 Å². The summed E-state index contributed by atoms with van der Waals surface area (Å²) in [6, 6.07) is 10.5. The van der Waals surface area contributed by atoms with Crippen molar-refractivity contribution in [2.45, 2.75) is 31.3 Å². The Balaban J connectivity index is 1.55. The number of anilines is 1. The third kappa shape index (κ3) is 4.26. The molecular formula is C18H24N4OS. The lowest BCUT2D eigenvalue weighted by molar-refractivity contribution is 0.0534. The molecule has 0 aliphatic carbocycles. The van der Waals surface area contributed by atoms with Gasteiger partial charge >= 0.3 is 0 Å². The number of aryl methyl sites for hydroxylation is 2. The van der Waals surface area contributed by atoms with Crippen LogP contribution in [0.2, 0.25) is 0 Å². The van der Waals surface area contributed by atoms with E-state index in [1.54, 1.807) is 11.8 Å². The van der Waals surface area contributed by atoms with Gasteiger partial charge < -0.3 is 9.64 Å². The summed E-state index contributed by atoms with van der Waals surface area (Å²) in [5.41, 5.74) is 4.37. The number of ether oxygens (including phenoxy) is 1. The molecule has 0 unspecified atom stereocenters. The Morgan fingerprint density at radius 3 is 2.46 bits per heavy atom. The highest BCUT2D eigenvalue weighted by Gasteiger charge is 2.26. The first-order valence-electron chi connectivity index (χ1n) is 8.12. The first-order chi connectivity index (χ1) is 11.5. The molecule has 0 saturated carbocycles. The fourth-order valence-corrected chi connectivity index (χ4v) is 3.64. The molecule has 0 spiro atoms. The van der Waals surface area contributed by atoms with E-state index in [4.69, 9.17) is 4.74 Å². The fourth-order valence-electron chi connectivity index (χ4n) is 2.69. The number of rotatable bonds is 5. The molecule has 5 nitrogen and oxygen atoms in total. The predicted octanol–water partition coefficient (Wildman–Crippen LogP) is 2.94. The summed E-state index contributed by atoms with van der Waals surface area (Å²) in [5, 5.41) is 4.27. The van der Waals surface area contributed by atoms with Crippen molar-refractivity contribution in [2.75, 3.05) is 31.3 Å². The first-order valence-corrected chi connectivity index (χ1v) is 9.11. The van der Waals surface area contributed by atoms with Gasteiger partial charge in [-0.2, -0.15) is 0 Å². The second kappa shape index (κ2) is 7.51. The molecule has 1 saturated heterocycles. The number of hydrogen-bond acceptors (Lipinski definition) is 6. The van der Waals surface area contributed by atoms with Crippen molar-refractivity contribution in [3.63, 3.8) is 0 Å². The zero-order chi connectivity index (χ0) is 17.1. The predicted molar refractivity (Wildman–Crippen MR) is 98.6 cm³/mol. The zero-order valence-corrected chi connectivity index (χ0v) is 15.4. The molecule has 128 valence electrons. The maximum absolute atomic E-state index is 6.13. The lowest BCUT2D eigenvalue weighted by Crippen LogP contribution is -2.17. The summed E-state index contributed by atoms with van der Waals surface area (Å²) in [6.07, 6.45) is 0.130. The van der Waals surface area contributed by atoms with Gasteiger partial charge in [-0.05, 0) is 37.6 Å². The van der Waals surface area contributed by atoms with Gasteiger partial charge in [0.05, 0.1) is 6.10 Å². The lowest BCUT2D eigenvalue weighted by Gasteiger charge is -2.16. The van der Waals surface area contributed by atoms with E-state index < -0.39 is 0 Å². The summed E-state index contributed by atoms with van der Waals surface area (Å²) in [5.74, 6) is 0.849. The van der Waals surface area contributed by atoms with Crippen molar-refractivity contribution in [1.29, 1.82) is 0 Å². The highest BCUT2D eigenvalue weighted by molar-refractivity contribution is 7.99. The minimum Gasteiger partial charge on any atom is -0.378 e. The molecule has 2 atom stereocenters. The smallest absolute Gasteiger partial charge is 0.188 e. The van der Waals surface area contributed by atoms with Crippen LogP contribution in [-0.2, 0) is 4.74 Å². The molecule has 0 bridgehead atoms. The highest BCUT2D eigenvalue weighted by atomic mass is 32.2. The number of aromatic nitrogens is 2. The maximum atomic E-state index is 6.13. The molecule has 24 heavy (non-hydrogen) atoms. The van der Waals surface area contributed by atoms with Crippen molar-refractivity contribution in [1.82, 2.24) is 15.3 Å². The molecule has 1 aromatic heterocycles. The van der Waals surface area contributed by atoms with E-state index in [1.807, 2.05) is 34.0 Å². The SMILES string of the molecule is Cc1cc(C)nc(SC[C@@H]2CN[C@@H](c3ccc(N(C)C)cc3)O2)n1. The van der Waals surface area contributed by atoms with Gasteiger partial charge in [0.25, 0.3) is 0 Å². The zero-order valence-electron chi connectivity index (χ0n) is 14.6. The third-order valence-corrected chi connectivity index (χ3v) is 4.91. The van der Waals surface area contributed by atoms with Crippen molar-refractivity contribution in [3.8, 4) is 0 Å². The molecular weight excluding hydrogens is 320 g/mol. The van der Waals surface area contributed by atoms with E-state index in [2.05, 4.69) is 44.5 Å². The number of thioether (sulfide) groups is 1. The Hall–Kier alpha value is -1.63. The molecule has 1 N–H and O–H groups in total. The number of nitrogens with zero attached hydrogens (tertiary/aromatic N) is 3. The van der Waals surface area contributed by atoms with Gasteiger partial charge in [0, 0.05) is 43.5 Å². The average molecular weight is 344 g/mol. The molecule has 2 aromatic rings. The quantitative estimate of drug-likeness (QED) is 0.665. The Morgan fingerprint density at radius 1 is 1.17 bits per heavy atom. The number of benzene rings is 1. The Morgan fingerprint density at radius 2 is 1.83 bits per heavy atom. The molecule has 1 fully saturated rings. The second-order valence-corrected chi connectivity index (χ2v) is 7.26. The highest BCUT2D eigenvalue weighted by Crippen LogP contribution is 2.26. The molecule has 0 amide bonds. The van der Waals surface area contributed by atoms with Crippen LogP contribution in [0.25, 0.3) is 0 Å². The minimum atomic E-state index is -0.0352. The minimum absolute atomic E-state index is 0.0352. The molecule has 1 aliphatic rings. The molecule has 3 rings (SSSR count). The van der Waals surface area contributed by atoms with Crippen LogP contribution in [-0.4, -0.2) is 42.5 Å². The maximum Gasteiger partial charge on any atom is 0.188 e. The number of nitrogens with one attached hydrogen (secondary N) is 1. The van der Waals surface area contributed by atoms with E-state index in [0.717, 1.165) is 34.4 Å². The van der Waals surface area contributed by atoms with Gasteiger partial charge in [0.15, 0.2) is 5.16 Å². The standard InChI is InChI=1S/C18H24N4OS/c1-12-9-13(2)21-18(20-12)24-11-16-10-19-17(23-16)14-5-7-15(8-6-14)22(3)4/h5-9,16-17,19H,10-11H2,1-4H3/t16-,17+/m0/s1. The van der Waals surface area contributed by atoms with E-state index in [1.165, 1.54) is 5.69 Å². The summed E-state index contributed by atoms with van der Waals surface area (Å²) >= 11 is 1.66. The fraction of sp³-hybridized carbons (Fsp3) is 0.444. The van der Waals surface area contributed by atoms with E-state index in [0.29, 0.717) is 0 Å². The largest absolute Gasteiger partial charge is 0.378 e. The lowest BCUT2D eigenvalue weighted by atomic mass is 10.2. The van der Waals surface area contributed by atoms with Crippen molar-refractivity contribution < 1.29 is 4.74 Å². The van der Waals surface area contributed by atoms with Crippen LogP contribution in [0.1, 0.15) is 23.2 Å². The second-order valence-electron chi connectivity index (χ2n) is 6.28. The van der Waals surface area contributed by atoms with Crippen LogP contribution in [0.5, 0.6) is 0 Å². The van der Waals surface area contributed by atoms with E-state index in [-0.39, 0.29) is 12.3 Å². The monoisotopic (exact) mass is 344 g/mol. The molecule has 1 aliphatic heterocycles. The van der Waals surface area contributed by atoms with Crippen molar-refractivity contribution in [3.05, 3.63) is 47.3 Å². The summed E-state index contributed by atoms with van der Waals surface area (Å²) < 4.78 is 6.13. The Kier molecular flexibility index (Phi) is 5.38. The van der Waals surface area contributed by atoms with Crippen molar-refractivity contribution in [2.24, 2.45) is 0 Å². The summed E-state index contributed by atoms with van der Waals surface area (Å²) in [7, 11) is 4.09. The molecule has 0 radical (unpaired) electrons. The van der Waals surface area contributed by atoms with Gasteiger partial charge in [-0.1, -0.05) is 23.9 Å². The van der Waals surface area contributed by atoms with Crippen LogP contribution < -0.4 is 10.2 Å². The van der Waals surface area contributed by atoms with Crippen LogP contribution >= 0.6 is 11.8 Å². The van der Waals surface area contributed by atoms with Crippen LogP contribution in [0.4, 0.5) is 5.69 Å². The normalized spacial score (nSPS) is 20.3. The van der Waals surface area contributed by atoms with Crippen LogP contribution in [0, 0.1) is 13.8 Å². The van der Waals surface area contributed by atoms with Gasteiger partial charge in [-0.25, -0.2) is 9.97 Å². The van der Waals surface area contributed by atoms with Crippen LogP contribution in [0.15, 0.2) is 35.5 Å². The summed E-state index contributed by atoms with van der Waals surface area (Å²) in [6.45, 7) is 4.84. The topological polar surface area (TPSA) is 50.3 Å². The van der Waals surface area contributed by atoms with Gasteiger partial charge in [-0.15, -0.1) is 0 Å². The number of hydrogen-bond donors (Lipinski definition) is 1. The average Bonchev–Trinajstić information content (AvgIpc) is 3.01. The Bertz CT molecular complexity index is 670. The molecule has 6 heteroatoms. The van der Waals surface area contributed by atoms with Crippen molar-refractivity contribution >= 4 is 17.4 Å². The Labute approximate surface area is 147 Å². The van der Waals surface area contributed by atoms with E-state index >= 15 is 0 Å². The third-order valence-electron chi connectivity index (χ3n) is 3.93. The molecule has 2 heterocycles. The van der Waals surface area contributed by atoms with Gasteiger partial charge in [0.1, 0.15) is 6.23 Å². The molecule has 1 aromatic carbocycles. The summed E-state index contributed by atoms with van der Waals surface area (Å²) in [4.78, 5) is 11.0. The first kappa shape index (κ1) is 17.2. The van der Waals surface area contributed by atoms with Crippen LogP contribution in [0.3, 0.4) is 0 Å². The van der Waals surface area contributed by atoms with Gasteiger partial charge in [0.2, 0.25) is 0 Å². The van der Waals surface area contributed by atoms with E-state index in [9.17, 15) is 0 Å².